The van der Waals surface area contributed by atoms with Gasteiger partial charge in [-0.05, 0) is 71.2 Å². The van der Waals surface area contributed by atoms with E-state index in [9.17, 15) is 0 Å². The quantitative estimate of drug-likeness (QED) is 0.707. The lowest BCUT2D eigenvalue weighted by molar-refractivity contribution is 0.846. The van der Waals surface area contributed by atoms with E-state index >= 15 is 0 Å². The molecule has 0 aliphatic carbocycles. The fraction of sp³-hybridized carbons (Fsp3) is 0.400. The van der Waals surface area contributed by atoms with E-state index in [4.69, 9.17) is 5.73 Å². The molecule has 21 heavy (non-hydrogen) atoms. The molecule has 0 spiro atoms. The predicted molar refractivity (Wildman–Crippen MR) is 93.9 cm³/mol. The highest BCUT2D eigenvalue weighted by Crippen LogP contribution is 2.36. The van der Waals surface area contributed by atoms with E-state index in [0.29, 0.717) is 11.8 Å². The van der Waals surface area contributed by atoms with Crippen molar-refractivity contribution in [2.75, 3.05) is 5.73 Å². The van der Waals surface area contributed by atoms with Gasteiger partial charge in [0.2, 0.25) is 0 Å². The Morgan fingerprint density at radius 2 is 1.38 bits per heavy atom. The van der Waals surface area contributed by atoms with Crippen LogP contribution >= 0.6 is 0 Å². The summed E-state index contributed by atoms with van der Waals surface area (Å²) < 4.78 is 0. The molecule has 0 saturated carbocycles. The molecule has 0 aliphatic heterocycles. The van der Waals surface area contributed by atoms with E-state index in [-0.39, 0.29) is 0 Å². The number of nitrogen functional groups attached to an aromatic ring is 1. The minimum Gasteiger partial charge on any atom is -0.399 e. The maximum absolute atomic E-state index is 5.98. The van der Waals surface area contributed by atoms with Gasteiger partial charge in [-0.25, -0.2) is 0 Å². The van der Waals surface area contributed by atoms with Crippen LogP contribution in [-0.2, 0) is 0 Å². The summed E-state index contributed by atoms with van der Waals surface area (Å²) in [5.41, 5.74) is 14.9. The van der Waals surface area contributed by atoms with Crippen LogP contribution in [0.15, 0.2) is 30.3 Å². The van der Waals surface area contributed by atoms with Crippen LogP contribution in [0.5, 0.6) is 0 Å². The molecule has 0 aromatic heterocycles. The normalized spacial score (nSPS) is 11.4. The lowest BCUT2D eigenvalue weighted by Crippen LogP contribution is -2.00. The van der Waals surface area contributed by atoms with Crippen molar-refractivity contribution in [3.63, 3.8) is 0 Å². The van der Waals surface area contributed by atoms with E-state index < -0.39 is 0 Å². The molecule has 0 bridgehead atoms. The highest BCUT2D eigenvalue weighted by molar-refractivity contribution is 5.77. The van der Waals surface area contributed by atoms with Gasteiger partial charge < -0.3 is 5.73 Å². The first-order valence-electron chi connectivity index (χ1n) is 7.82. The fourth-order valence-corrected chi connectivity index (χ4v) is 3.07. The van der Waals surface area contributed by atoms with E-state index in [1.165, 1.54) is 33.4 Å². The van der Waals surface area contributed by atoms with E-state index in [1.54, 1.807) is 0 Å². The molecule has 2 aromatic carbocycles. The first kappa shape index (κ1) is 15.6. The van der Waals surface area contributed by atoms with E-state index in [1.807, 2.05) is 0 Å². The molecule has 112 valence electrons. The van der Waals surface area contributed by atoms with Crippen molar-refractivity contribution in [2.45, 2.75) is 53.4 Å². The predicted octanol–water partition coefficient (Wildman–Crippen LogP) is 5.80. The van der Waals surface area contributed by atoms with Gasteiger partial charge in [0.25, 0.3) is 0 Å². The molecule has 0 radical (unpaired) electrons. The molecule has 1 nitrogen and oxygen atoms in total. The van der Waals surface area contributed by atoms with Gasteiger partial charge in [0.15, 0.2) is 0 Å². The average molecular weight is 281 g/mol. The molecule has 2 aromatic rings. The van der Waals surface area contributed by atoms with Crippen LogP contribution in [-0.4, -0.2) is 0 Å². The number of hydrogen-bond acceptors (Lipinski definition) is 1. The van der Waals surface area contributed by atoms with Crippen LogP contribution in [0.1, 0.15) is 61.8 Å². The molecule has 0 aliphatic rings. The number of aryl methyl sites for hydroxylation is 2. The summed E-state index contributed by atoms with van der Waals surface area (Å²) in [5, 5.41) is 0. The molecule has 0 amide bonds. The van der Waals surface area contributed by atoms with Crippen molar-refractivity contribution >= 4 is 5.69 Å². The number of benzene rings is 2. The second-order valence-electron chi connectivity index (χ2n) is 6.69. The molecule has 1 heteroatoms. The van der Waals surface area contributed by atoms with Gasteiger partial charge in [-0.15, -0.1) is 0 Å². The zero-order valence-electron chi connectivity index (χ0n) is 14.1. The number of anilines is 1. The second-order valence-corrected chi connectivity index (χ2v) is 6.69. The average Bonchev–Trinajstić information content (AvgIpc) is 2.36. The van der Waals surface area contributed by atoms with Crippen molar-refractivity contribution in [2.24, 2.45) is 0 Å². The molecule has 0 saturated heterocycles. The van der Waals surface area contributed by atoms with Gasteiger partial charge >= 0.3 is 0 Å². The van der Waals surface area contributed by atoms with Crippen molar-refractivity contribution in [1.29, 1.82) is 0 Å². The summed E-state index contributed by atoms with van der Waals surface area (Å²) in [7, 11) is 0. The largest absolute Gasteiger partial charge is 0.399 e. The third kappa shape index (κ3) is 3.12. The topological polar surface area (TPSA) is 26.0 Å². The highest BCUT2D eigenvalue weighted by Gasteiger charge is 2.15. The Bertz CT molecular complexity index is 628. The number of rotatable bonds is 3. The first-order valence-corrected chi connectivity index (χ1v) is 7.82. The van der Waals surface area contributed by atoms with Crippen LogP contribution in [0.3, 0.4) is 0 Å². The van der Waals surface area contributed by atoms with Gasteiger partial charge in [0.05, 0.1) is 0 Å². The summed E-state index contributed by atoms with van der Waals surface area (Å²) in [5.74, 6) is 1.05. The lowest BCUT2D eigenvalue weighted by Gasteiger charge is -2.20. The van der Waals surface area contributed by atoms with Gasteiger partial charge in [0.1, 0.15) is 0 Å². The summed E-state index contributed by atoms with van der Waals surface area (Å²) in [6.07, 6.45) is 0. The lowest BCUT2D eigenvalue weighted by atomic mass is 9.85. The van der Waals surface area contributed by atoms with Crippen LogP contribution < -0.4 is 5.73 Å². The van der Waals surface area contributed by atoms with Crippen molar-refractivity contribution in [3.05, 3.63) is 52.6 Å². The maximum atomic E-state index is 5.98. The zero-order chi connectivity index (χ0) is 15.7. The summed E-state index contributed by atoms with van der Waals surface area (Å²) in [6.45, 7) is 13.3. The minimum absolute atomic E-state index is 0.512. The number of hydrogen-bond donors (Lipinski definition) is 1. The van der Waals surface area contributed by atoms with Crippen LogP contribution in [0.2, 0.25) is 0 Å². The Labute approximate surface area is 129 Å². The minimum atomic E-state index is 0.512. The molecule has 0 unspecified atom stereocenters. The fourth-order valence-electron chi connectivity index (χ4n) is 3.07. The summed E-state index contributed by atoms with van der Waals surface area (Å²) in [6, 6.07) is 11.1. The molecule has 0 heterocycles. The van der Waals surface area contributed by atoms with Gasteiger partial charge in [0, 0.05) is 5.69 Å². The summed E-state index contributed by atoms with van der Waals surface area (Å²) in [4.78, 5) is 0. The Morgan fingerprint density at radius 3 is 1.86 bits per heavy atom. The van der Waals surface area contributed by atoms with Gasteiger partial charge in [-0.3, -0.25) is 0 Å². The molecule has 0 fully saturated rings. The SMILES string of the molecule is Cc1cc(N)cc(C)c1-c1cc(C(C)C)ccc1C(C)C. The second kappa shape index (κ2) is 5.93. The Kier molecular flexibility index (Phi) is 4.41. The first-order chi connectivity index (χ1) is 9.81. The number of nitrogens with two attached hydrogens (primary N) is 1. The van der Waals surface area contributed by atoms with Crippen LogP contribution in [0.4, 0.5) is 5.69 Å². The standard InChI is InChI=1S/C20H27N/c1-12(2)16-7-8-18(13(3)4)19(11-16)20-14(5)9-17(21)10-15(20)6/h7-13H,21H2,1-6H3. The Morgan fingerprint density at radius 1 is 0.810 bits per heavy atom. The van der Waals surface area contributed by atoms with Gasteiger partial charge in [-0.1, -0.05) is 45.9 Å². The molecule has 0 atom stereocenters. The van der Waals surface area contributed by atoms with Crippen molar-refractivity contribution in [3.8, 4) is 11.1 Å². The van der Waals surface area contributed by atoms with Crippen LogP contribution in [0, 0.1) is 13.8 Å². The molecular formula is C20H27N. The maximum Gasteiger partial charge on any atom is 0.0319 e. The van der Waals surface area contributed by atoms with E-state index in [2.05, 4.69) is 71.9 Å². The zero-order valence-corrected chi connectivity index (χ0v) is 14.1. The molecule has 2 rings (SSSR count). The van der Waals surface area contributed by atoms with Crippen molar-refractivity contribution < 1.29 is 0 Å². The Hall–Kier alpha value is -1.76. The monoisotopic (exact) mass is 281 g/mol. The van der Waals surface area contributed by atoms with E-state index in [0.717, 1.165) is 5.69 Å². The van der Waals surface area contributed by atoms with Gasteiger partial charge in [-0.2, -0.15) is 0 Å². The third-order valence-electron chi connectivity index (χ3n) is 4.19. The van der Waals surface area contributed by atoms with Crippen LogP contribution in [0.25, 0.3) is 11.1 Å². The third-order valence-corrected chi connectivity index (χ3v) is 4.19. The smallest absolute Gasteiger partial charge is 0.0319 e. The molecule has 2 N–H and O–H groups in total. The highest BCUT2D eigenvalue weighted by atomic mass is 14.5. The Balaban J connectivity index is 2.74. The molecular weight excluding hydrogens is 254 g/mol. The van der Waals surface area contributed by atoms with Crippen molar-refractivity contribution in [1.82, 2.24) is 0 Å². The summed E-state index contributed by atoms with van der Waals surface area (Å²) >= 11 is 0.